The van der Waals surface area contributed by atoms with E-state index in [0.717, 1.165) is 12.1 Å². The third kappa shape index (κ3) is 9.90. The second-order valence-electron chi connectivity index (χ2n) is 14.2. The minimum absolute atomic E-state index is 0.0403. The standard InChI is InChI=1S/C39H41F7N4O7/c1-22-17-37(12-5-13-37)34(52)32(35(53)49-29-9-8-26(38(41,42)43)16-28(29)24-7-11-31(47-18-24)39(44,45)46)36(54)50(22)20-25-6-10-30(33(40)23(25)2)57-15-4-3-14-56-21-27(51)19-48-55/h6-11,16,18,22,27,51-52H,3-5,12-15,17,19-21H2,1-2H3,(H,49,53). The van der Waals surface area contributed by atoms with Crippen LogP contribution in [0.3, 0.4) is 0 Å². The van der Waals surface area contributed by atoms with E-state index < -0.39 is 70.1 Å². The van der Waals surface area contributed by atoms with E-state index in [1.807, 2.05) is 0 Å². The lowest BCUT2D eigenvalue weighted by Crippen LogP contribution is -2.41. The molecule has 1 aromatic heterocycles. The lowest BCUT2D eigenvalue weighted by Gasteiger charge is -2.43. The van der Waals surface area contributed by atoms with Crippen molar-refractivity contribution in [2.45, 2.75) is 83.4 Å². The van der Waals surface area contributed by atoms with Gasteiger partial charge in [0, 0.05) is 47.6 Å². The molecule has 3 N–H and O–H groups in total. The maximum atomic E-state index is 15.6. The number of hydrogen-bond acceptors (Lipinski definition) is 9. The number of anilines is 1. The smallest absolute Gasteiger partial charge is 0.433 e. The van der Waals surface area contributed by atoms with Crippen LogP contribution in [-0.4, -0.2) is 70.4 Å². The van der Waals surface area contributed by atoms with Gasteiger partial charge in [-0.1, -0.05) is 23.7 Å². The molecule has 2 unspecified atom stereocenters. The second kappa shape index (κ2) is 17.6. The number of amides is 2. The van der Waals surface area contributed by atoms with Crippen molar-refractivity contribution in [2.24, 2.45) is 10.6 Å². The van der Waals surface area contributed by atoms with E-state index in [-0.39, 0.29) is 67.5 Å². The molecule has 2 heterocycles. The fourth-order valence-electron chi connectivity index (χ4n) is 6.95. The van der Waals surface area contributed by atoms with Crippen molar-refractivity contribution in [1.29, 1.82) is 0 Å². The quantitative estimate of drug-likeness (QED) is 0.0601. The second-order valence-corrected chi connectivity index (χ2v) is 14.2. The van der Waals surface area contributed by atoms with Crippen LogP contribution in [0.25, 0.3) is 11.1 Å². The molecule has 2 aromatic carbocycles. The van der Waals surface area contributed by atoms with Crippen molar-refractivity contribution in [2.75, 3.05) is 31.7 Å². The molecule has 308 valence electrons. The first-order valence-corrected chi connectivity index (χ1v) is 18.1. The van der Waals surface area contributed by atoms with E-state index >= 15 is 4.39 Å². The first kappa shape index (κ1) is 43.0. The fraction of sp³-hybridized carbons (Fsp3) is 0.462. The summed E-state index contributed by atoms with van der Waals surface area (Å²) in [6.45, 7) is 3.12. The van der Waals surface area contributed by atoms with Crippen LogP contribution in [0.4, 0.5) is 36.4 Å². The summed E-state index contributed by atoms with van der Waals surface area (Å²) in [6.07, 6.45) is -7.13. The van der Waals surface area contributed by atoms with E-state index in [1.54, 1.807) is 13.0 Å². The van der Waals surface area contributed by atoms with Crippen LogP contribution in [0.5, 0.6) is 5.75 Å². The van der Waals surface area contributed by atoms with Gasteiger partial charge in [0.05, 0.1) is 18.8 Å². The van der Waals surface area contributed by atoms with Gasteiger partial charge in [-0.3, -0.25) is 14.6 Å². The number of carbonyl (C=O) groups is 2. The molecule has 2 aliphatic rings. The highest BCUT2D eigenvalue weighted by Crippen LogP contribution is 2.53. The summed E-state index contributed by atoms with van der Waals surface area (Å²) >= 11 is 0. The molecular formula is C39H41F7N4O7. The molecule has 2 atom stereocenters. The van der Waals surface area contributed by atoms with Gasteiger partial charge in [0.15, 0.2) is 11.6 Å². The van der Waals surface area contributed by atoms with Crippen LogP contribution < -0.4 is 10.1 Å². The van der Waals surface area contributed by atoms with Gasteiger partial charge < -0.3 is 29.9 Å². The Morgan fingerprint density at radius 1 is 1.07 bits per heavy atom. The molecular weight excluding hydrogens is 769 g/mol. The highest BCUT2D eigenvalue weighted by Gasteiger charge is 2.50. The Morgan fingerprint density at radius 3 is 2.40 bits per heavy atom. The number of aromatic nitrogens is 1. The summed E-state index contributed by atoms with van der Waals surface area (Å²) in [5, 5.41) is 26.1. The number of nitroso groups, excluding NO2 is 1. The van der Waals surface area contributed by atoms with Crippen molar-refractivity contribution in [3.63, 3.8) is 0 Å². The number of hydrogen-bond donors (Lipinski definition) is 3. The van der Waals surface area contributed by atoms with Crippen LogP contribution in [-0.2, 0) is 33.2 Å². The Morgan fingerprint density at radius 2 is 1.79 bits per heavy atom. The zero-order valence-corrected chi connectivity index (χ0v) is 31.0. The molecule has 1 aliphatic carbocycles. The minimum atomic E-state index is -4.86. The number of aliphatic hydroxyl groups is 2. The number of nitrogens with zero attached hydrogens (tertiary/aromatic N) is 3. The molecule has 57 heavy (non-hydrogen) atoms. The number of pyridine rings is 1. The third-order valence-electron chi connectivity index (χ3n) is 10.3. The Kier molecular flexibility index (Phi) is 13.3. The van der Waals surface area contributed by atoms with Crippen LogP contribution >= 0.6 is 0 Å². The topological polar surface area (TPSA) is 151 Å². The predicted molar refractivity (Wildman–Crippen MR) is 192 cm³/mol. The van der Waals surface area contributed by atoms with E-state index in [4.69, 9.17) is 9.47 Å². The van der Waals surface area contributed by atoms with Crippen molar-refractivity contribution in [3.8, 4) is 16.9 Å². The monoisotopic (exact) mass is 810 g/mol. The van der Waals surface area contributed by atoms with Crippen LogP contribution in [0.1, 0.15) is 67.8 Å². The molecule has 1 fully saturated rings. The number of benzene rings is 2. The summed E-state index contributed by atoms with van der Waals surface area (Å²) in [5.41, 5.74) is -4.35. The zero-order valence-electron chi connectivity index (χ0n) is 31.0. The highest BCUT2D eigenvalue weighted by molar-refractivity contribution is 6.24. The number of ether oxygens (including phenoxy) is 2. The van der Waals surface area contributed by atoms with E-state index in [9.17, 15) is 51.1 Å². The number of carbonyl (C=O) groups excluding carboxylic acids is 2. The van der Waals surface area contributed by atoms with E-state index in [0.29, 0.717) is 62.1 Å². The summed E-state index contributed by atoms with van der Waals surface area (Å²) in [6, 6.07) is 6.08. The summed E-state index contributed by atoms with van der Waals surface area (Å²) in [4.78, 5) is 43.2. The lowest BCUT2D eigenvalue weighted by molar-refractivity contribution is -0.141. The van der Waals surface area contributed by atoms with Gasteiger partial charge in [0.2, 0.25) is 0 Å². The fourth-order valence-corrected chi connectivity index (χ4v) is 6.95. The van der Waals surface area contributed by atoms with Crippen LogP contribution in [0, 0.1) is 23.1 Å². The first-order chi connectivity index (χ1) is 26.9. The molecule has 18 heteroatoms. The average molecular weight is 811 g/mol. The van der Waals surface area contributed by atoms with Gasteiger partial charge in [-0.15, -0.1) is 0 Å². The largest absolute Gasteiger partial charge is 0.511 e. The molecule has 0 saturated heterocycles. The van der Waals surface area contributed by atoms with Crippen molar-refractivity contribution in [1.82, 2.24) is 9.88 Å². The Bertz CT molecular complexity index is 1980. The van der Waals surface area contributed by atoms with Crippen LogP contribution in [0.15, 0.2) is 65.2 Å². The van der Waals surface area contributed by atoms with Gasteiger partial charge in [0.25, 0.3) is 11.8 Å². The number of aliphatic hydroxyl groups excluding tert-OH is 2. The predicted octanol–water partition coefficient (Wildman–Crippen LogP) is 8.28. The molecule has 0 bridgehead atoms. The maximum Gasteiger partial charge on any atom is 0.433 e. The third-order valence-corrected chi connectivity index (χ3v) is 10.3. The molecule has 1 spiro atoms. The number of alkyl halides is 6. The summed E-state index contributed by atoms with van der Waals surface area (Å²) < 4.78 is 107. The molecule has 0 radical (unpaired) electrons. The normalized spacial score (nSPS) is 17.6. The SMILES string of the molecule is Cc1c(CN2C(=O)C(C(=O)Nc3ccc(C(F)(F)F)cc3-c3ccc(C(F)(F)F)nc3)=C(O)C3(CCC3)CC2C)ccc(OCCCCOCC(O)CN=O)c1F. The highest BCUT2D eigenvalue weighted by atomic mass is 19.4. The summed E-state index contributed by atoms with van der Waals surface area (Å²) in [5.74, 6) is -3.27. The number of rotatable bonds is 15. The van der Waals surface area contributed by atoms with Gasteiger partial charge in [-0.2, -0.15) is 31.2 Å². The number of halogens is 7. The molecule has 1 saturated carbocycles. The lowest BCUT2D eigenvalue weighted by atomic mass is 9.63. The maximum absolute atomic E-state index is 15.6. The Hall–Kier alpha value is -5.10. The number of nitrogens with one attached hydrogen (secondary N) is 1. The zero-order chi connectivity index (χ0) is 41.7. The van der Waals surface area contributed by atoms with E-state index in [1.165, 1.54) is 17.9 Å². The molecule has 5 rings (SSSR count). The van der Waals surface area contributed by atoms with Crippen LogP contribution in [0.2, 0.25) is 0 Å². The van der Waals surface area contributed by atoms with Gasteiger partial charge in [-0.25, -0.2) is 4.39 Å². The minimum Gasteiger partial charge on any atom is -0.511 e. The molecule has 2 amide bonds. The molecule has 3 aromatic rings. The van der Waals surface area contributed by atoms with Gasteiger partial charge in [-0.05, 0) is 87.4 Å². The van der Waals surface area contributed by atoms with Gasteiger partial charge in [0.1, 0.15) is 29.7 Å². The Balaban J connectivity index is 1.37. The molecule has 11 nitrogen and oxygen atoms in total. The number of allylic oxidation sites excluding steroid dienone is 1. The van der Waals surface area contributed by atoms with Gasteiger partial charge >= 0.3 is 12.4 Å². The van der Waals surface area contributed by atoms with Crippen molar-refractivity contribution < 1.29 is 60.0 Å². The summed E-state index contributed by atoms with van der Waals surface area (Å²) in [7, 11) is 0. The van der Waals surface area contributed by atoms with Crippen molar-refractivity contribution >= 4 is 17.5 Å². The average Bonchev–Trinajstić information content (AvgIpc) is 3.21. The first-order valence-electron chi connectivity index (χ1n) is 18.1. The van der Waals surface area contributed by atoms with E-state index in [2.05, 4.69) is 15.5 Å². The number of unbranched alkanes of at least 4 members (excludes halogenated alkanes) is 1. The van der Waals surface area contributed by atoms with Crippen molar-refractivity contribution in [3.05, 3.63) is 93.1 Å². The molecule has 1 aliphatic heterocycles. The Labute approximate surface area is 322 Å².